The fraction of sp³-hybridized carbons (Fsp3) is 0.214. The topological polar surface area (TPSA) is 134 Å². The van der Waals surface area contributed by atoms with Crippen molar-refractivity contribution in [2.24, 2.45) is 0 Å². The molecular formula is C14H13N3O7. The van der Waals surface area contributed by atoms with E-state index in [1.165, 1.54) is 25.3 Å². The average Bonchev–Trinajstić information content (AvgIpc) is 2.99. The molecule has 0 aliphatic carbocycles. The molecule has 2 rings (SSSR count). The van der Waals surface area contributed by atoms with Crippen molar-refractivity contribution in [3.8, 4) is 5.75 Å². The normalized spacial score (nSPS) is 10.1. The van der Waals surface area contributed by atoms with Crippen LogP contribution in [-0.4, -0.2) is 35.7 Å². The summed E-state index contributed by atoms with van der Waals surface area (Å²) >= 11 is 0. The van der Waals surface area contributed by atoms with Gasteiger partial charge < -0.3 is 19.3 Å². The van der Waals surface area contributed by atoms with Gasteiger partial charge >= 0.3 is 5.97 Å². The largest absolute Gasteiger partial charge is 0.495 e. The summed E-state index contributed by atoms with van der Waals surface area (Å²) in [5.41, 5.74) is 0.358. The molecule has 10 heteroatoms. The number of carbonyl (C=O) groups excluding carboxylic acids is 2. The Labute approximate surface area is 135 Å². The molecule has 0 aliphatic heterocycles. The van der Waals surface area contributed by atoms with Crippen LogP contribution >= 0.6 is 0 Å². The molecule has 0 aliphatic rings. The van der Waals surface area contributed by atoms with E-state index in [2.05, 4.69) is 10.5 Å². The van der Waals surface area contributed by atoms with Gasteiger partial charge in [-0.25, -0.2) is 4.79 Å². The zero-order valence-corrected chi connectivity index (χ0v) is 12.8. The SMILES string of the molecule is COc1ccc([N+](=O)[O-])cc1NC(=O)COC(=O)c1cc(C)no1. The maximum Gasteiger partial charge on any atom is 0.377 e. The molecule has 0 saturated heterocycles. The number of ether oxygens (including phenoxy) is 2. The quantitative estimate of drug-likeness (QED) is 0.479. The second-order valence-electron chi connectivity index (χ2n) is 4.60. The molecule has 2 aromatic rings. The molecule has 1 aromatic carbocycles. The van der Waals surface area contributed by atoms with Crippen molar-refractivity contribution in [1.82, 2.24) is 5.16 Å². The minimum Gasteiger partial charge on any atom is -0.495 e. The van der Waals surface area contributed by atoms with Gasteiger partial charge in [-0.2, -0.15) is 0 Å². The van der Waals surface area contributed by atoms with Crippen LogP contribution in [0.25, 0.3) is 0 Å². The lowest BCUT2D eigenvalue weighted by Gasteiger charge is -2.09. The first-order chi connectivity index (χ1) is 11.4. The Hall–Kier alpha value is -3.43. The molecule has 0 spiro atoms. The zero-order valence-electron chi connectivity index (χ0n) is 12.8. The maximum atomic E-state index is 11.8. The summed E-state index contributed by atoms with van der Waals surface area (Å²) in [6, 6.07) is 5.08. The summed E-state index contributed by atoms with van der Waals surface area (Å²) in [5, 5.41) is 16.7. The van der Waals surface area contributed by atoms with Gasteiger partial charge in [-0.15, -0.1) is 0 Å². The van der Waals surface area contributed by atoms with E-state index in [0.29, 0.717) is 5.69 Å². The predicted octanol–water partition coefficient (Wildman–Crippen LogP) is 1.70. The van der Waals surface area contributed by atoms with E-state index in [-0.39, 0.29) is 22.9 Å². The molecule has 1 heterocycles. The third kappa shape index (κ3) is 4.06. The molecule has 0 unspecified atom stereocenters. The number of nitro groups is 1. The number of nitro benzene ring substituents is 1. The van der Waals surface area contributed by atoms with E-state index in [1.807, 2.05) is 0 Å². The lowest BCUT2D eigenvalue weighted by molar-refractivity contribution is -0.384. The number of rotatable bonds is 6. The van der Waals surface area contributed by atoms with Gasteiger partial charge in [0.2, 0.25) is 5.76 Å². The Bertz CT molecular complexity index is 784. The fourth-order valence-electron chi connectivity index (χ4n) is 1.76. The van der Waals surface area contributed by atoms with E-state index >= 15 is 0 Å². The number of carbonyl (C=O) groups is 2. The summed E-state index contributed by atoms with van der Waals surface area (Å²) in [6.07, 6.45) is 0. The van der Waals surface area contributed by atoms with Crippen molar-refractivity contribution in [1.29, 1.82) is 0 Å². The van der Waals surface area contributed by atoms with Crippen molar-refractivity contribution in [3.05, 3.63) is 45.8 Å². The van der Waals surface area contributed by atoms with Crippen molar-refractivity contribution in [3.63, 3.8) is 0 Å². The lowest BCUT2D eigenvalue weighted by Crippen LogP contribution is -2.21. The molecule has 1 N–H and O–H groups in total. The molecule has 1 aromatic heterocycles. The molecule has 0 bridgehead atoms. The third-order valence-corrected chi connectivity index (χ3v) is 2.83. The molecular weight excluding hydrogens is 322 g/mol. The summed E-state index contributed by atoms with van der Waals surface area (Å²) in [5.74, 6) is -1.45. The van der Waals surface area contributed by atoms with Gasteiger partial charge in [0.05, 0.1) is 23.4 Å². The number of amides is 1. The fourth-order valence-corrected chi connectivity index (χ4v) is 1.76. The van der Waals surface area contributed by atoms with E-state index in [1.54, 1.807) is 6.92 Å². The number of nitrogens with zero attached hydrogens (tertiary/aromatic N) is 2. The monoisotopic (exact) mass is 335 g/mol. The molecule has 1 amide bonds. The van der Waals surface area contributed by atoms with Crippen LogP contribution in [0.5, 0.6) is 5.75 Å². The molecule has 0 radical (unpaired) electrons. The number of benzene rings is 1. The Morgan fingerprint density at radius 1 is 1.38 bits per heavy atom. The number of nitrogens with one attached hydrogen (secondary N) is 1. The average molecular weight is 335 g/mol. The molecule has 0 saturated carbocycles. The van der Waals surface area contributed by atoms with Crippen LogP contribution in [0.4, 0.5) is 11.4 Å². The maximum absolute atomic E-state index is 11.8. The number of methoxy groups -OCH3 is 1. The first-order valence-electron chi connectivity index (χ1n) is 6.63. The highest BCUT2D eigenvalue weighted by molar-refractivity contribution is 5.95. The van der Waals surface area contributed by atoms with Gasteiger partial charge in [0.15, 0.2) is 6.61 Å². The van der Waals surface area contributed by atoms with Crippen LogP contribution in [0.3, 0.4) is 0 Å². The first-order valence-corrected chi connectivity index (χ1v) is 6.63. The Morgan fingerprint density at radius 2 is 2.12 bits per heavy atom. The molecule has 10 nitrogen and oxygen atoms in total. The highest BCUT2D eigenvalue weighted by Gasteiger charge is 2.17. The number of aryl methyl sites for hydroxylation is 1. The van der Waals surface area contributed by atoms with Gasteiger partial charge in [0.25, 0.3) is 11.6 Å². The van der Waals surface area contributed by atoms with Crippen molar-refractivity contribution >= 4 is 23.3 Å². The number of aromatic nitrogens is 1. The van der Waals surface area contributed by atoms with Crippen LogP contribution in [0.2, 0.25) is 0 Å². The Kier molecular flexibility index (Phi) is 5.09. The van der Waals surface area contributed by atoms with Crippen molar-refractivity contribution in [2.75, 3.05) is 19.0 Å². The highest BCUT2D eigenvalue weighted by atomic mass is 16.6. The standard InChI is InChI=1S/C14H13N3O7/c1-8-5-12(24-16-8)14(19)23-7-13(18)15-10-6-9(17(20)21)3-4-11(10)22-2/h3-6H,7H2,1-2H3,(H,15,18). The molecule has 0 atom stereocenters. The summed E-state index contributed by atoms with van der Waals surface area (Å²) in [6.45, 7) is 1.02. The van der Waals surface area contributed by atoms with Gasteiger partial charge in [-0.3, -0.25) is 14.9 Å². The summed E-state index contributed by atoms with van der Waals surface area (Å²) < 4.78 is 14.5. The molecule has 24 heavy (non-hydrogen) atoms. The number of hydrogen-bond acceptors (Lipinski definition) is 8. The summed E-state index contributed by atoms with van der Waals surface area (Å²) in [7, 11) is 1.35. The van der Waals surface area contributed by atoms with E-state index < -0.39 is 23.4 Å². The van der Waals surface area contributed by atoms with Crippen LogP contribution in [0.15, 0.2) is 28.8 Å². The number of anilines is 1. The molecule has 0 fully saturated rings. The highest BCUT2D eigenvalue weighted by Crippen LogP contribution is 2.28. The van der Waals surface area contributed by atoms with Gasteiger partial charge in [-0.1, -0.05) is 5.16 Å². The second kappa shape index (κ2) is 7.22. The number of esters is 1. The van der Waals surface area contributed by atoms with Crippen LogP contribution < -0.4 is 10.1 Å². The van der Waals surface area contributed by atoms with Crippen LogP contribution in [0.1, 0.15) is 16.2 Å². The third-order valence-electron chi connectivity index (χ3n) is 2.83. The Balaban J connectivity index is 2.00. The minimum absolute atomic E-state index is 0.0864. The number of non-ortho nitro benzene ring substituents is 1. The predicted molar refractivity (Wildman–Crippen MR) is 79.8 cm³/mol. The zero-order chi connectivity index (χ0) is 17.7. The van der Waals surface area contributed by atoms with Gasteiger partial charge in [0, 0.05) is 18.2 Å². The van der Waals surface area contributed by atoms with Crippen LogP contribution in [0, 0.1) is 17.0 Å². The van der Waals surface area contributed by atoms with E-state index in [4.69, 9.17) is 14.0 Å². The lowest BCUT2D eigenvalue weighted by atomic mass is 10.2. The first kappa shape index (κ1) is 16.9. The van der Waals surface area contributed by atoms with Gasteiger partial charge in [0.1, 0.15) is 5.75 Å². The van der Waals surface area contributed by atoms with Gasteiger partial charge in [-0.05, 0) is 13.0 Å². The van der Waals surface area contributed by atoms with Crippen LogP contribution in [-0.2, 0) is 9.53 Å². The second-order valence-corrected chi connectivity index (χ2v) is 4.60. The summed E-state index contributed by atoms with van der Waals surface area (Å²) in [4.78, 5) is 33.6. The molecule has 126 valence electrons. The smallest absolute Gasteiger partial charge is 0.377 e. The number of hydrogen-bond donors (Lipinski definition) is 1. The Morgan fingerprint density at radius 3 is 2.71 bits per heavy atom. The minimum atomic E-state index is -0.850. The van der Waals surface area contributed by atoms with E-state index in [9.17, 15) is 19.7 Å². The van der Waals surface area contributed by atoms with E-state index in [0.717, 1.165) is 6.07 Å². The van der Waals surface area contributed by atoms with Crippen molar-refractivity contribution < 1.29 is 28.5 Å². The van der Waals surface area contributed by atoms with Crippen molar-refractivity contribution in [2.45, 2.75) is 6.92 Å².